The number of halogens is 1. The lowest BCUT2D eigenvalue weighted by Gasteiger charge is -1.98. The maximum Gasteiger partial charge on any atom is 0.123 e. The number of thiazole rings is 1. The van der Waals surface area contributed by atoms with Gasteiger partial charge in [0.1, 0.15) is 5.01 Å². The molecule has 0 fully saturated rings. The highest BCUT2D eigenvalue weighted by molar-refractivity contribution is 7.15. The van der Waals surface area contributed by atoms with Crippen LogP contribution in [0.2, 0.25) is 0 Å². The van der Waals surface area contributed by atoms with E-state index in [0.717, 1.165) is 26.5 Å². The van der Waals surface area contributed by atoms with E-state index >= 15 is 0 Å². The second kappa shape index (κ2) is 4.39. The van der Waals surface area contributed by atoms with Crippen LogP contribution < -0.4 is 0 Å². The molecule has 17 heavy (non-hydrogen) atoms. The highest BCUT2D eigenvalue weighted by Gasteiger charge is 2.05. The van der Waals surface area contributed by atoms with Crippen LogP contribution in [0.25, 0.3) is 21.6 Å². The van der Waals surface area contributed by atoms with E-state index in [1.54, 1.807) is 23.7 Å². The smallest absolute Gasteiger partial charge is 0.123 e. The summed E-state index contributed by atoms with van der Waals surface area (Å²) < 4.78 is 0. The van der Waals surface area contributed by atoms with Crippen molar-refractivity contribution in [1.82, 2.24) is 15.0 Å². The number of hydrogen-bond donors (Lipinski definition) is 0. The zero-order valence-corrected chi connectivity index (χ0v) is 10.4. The summed E-state index contributed by atoms with van der Waals surface area (Å²) in [7, 11) is 0. The molecule has 0 N–H and O–H groups in total. The number of hydrogen-bond acceptors (Lipinski definition) is 4. The molecule has 0 bridgehead atoms. The van der Waals surface area contributed by atoms with Gasteiger partial charge in [-0.3, -0.25) is 9.97 Å². The van der Waals surface area contributed by atoms with Crippen molar-refractivity contribution in [3.05, 3.63) is 41.7 Å². The molecule has 0 radical (unpaired) electrons. The van der Waals surface area contributed by atoms with Gasteiger partial charge in [0.25, 0.3) is 0 Å². The summed E-state index contributed by atoms with van der Waals surface area (Å²) >= 11 is 7.37. The number of aromatic nitrogens is 3. The molecule has 0 saturated heterocycles. The minimum Gasteiger partial charge on any atom is -0.253 e. The molecule has 0 unspecified atom stereocenters. The Morgan fingerprint density at radius 2 is 1.88 bits per heavy atom. The lowest BCUT2D eigenvalue weighted by molar-refractivity contribution is 1.29. The van der Waals surface area contributed by atoms with Crippen molar-refractivity contribution < 1.29 is 0 Å². The van der Waals surface area contributed by atoms with Crippen molar-refractivity contribution in [3.8, 4) is 10.6 Å². The molecule has 0 aliphatic carbocycles. The molecule has 0 amide bonds. The maximum atomic E-state index is 5.77. The molecule has 3 nitrogen and oxygen atoms in total. The summed E-state index contributed by atoms with van der Waals surface area (Å²) in [6.07, 6.45) is 5.20. The Morgan fingerprint density at radius 3 is 2.65 bits per heavy atom. The van der Waals surface area contributed by atoms with Gasteiger partial charge in [-0.25, -0.2) is 4.98 Å². The molecule has 0 spiro atoms. The SMILES string of the molecule is ClCc1cnc(-c2ccc3nccnc3c2)s1. The largest absolute Gasteiger partial charge is 0.253 e. The Kier molecular flexibility index (Phi) is 2.74. The van der Waals surface area contributed by atoms with Crippen LogP contribution >= 0.6 is 22.9 Å². The number of rotatable bonds is 2. The predicted molar refractivity (Wildman–Crippen MR) is 70.2 cm³/mol. The summed E-state index contributed by atoms with van der Waals surface area (Å²) in [5.74, 6) is 0.505. The third kappa shape index (κ3) is 2.01. The second-order valence-electron chi connectivity index (χ2n) is 3.53. The van der Waals surface area contributed by atoms with E-state index in [-0.39, 0.29) is 0 Å². The van der Waals surface area contributed by atoms with E-state index in [1.165, 1.54) is 0 Å². The zero-order chi connectivity index (χ0) is 11.7. The summed E-state index contributed by atoms with van der Waals surface area (Å²) in [5, 5.41) is 0.966. The van der Waals surface area contributed by atoms with Crippen molar-refractivity contribution in [2.45, 2.75) is 5.88 Å². The van der Waals surface area contributed by atoms with Crippen molar-refractivity contribution in [1.29, 1.82) is 0 Å². The van der Waals surface area contributed by atoms with E-state index in [9.17, 15) is 0 Å². The van der Waals surface area contributed by atoms with E-state index < -0.39 is 0 Å². The van der Waals surface area contributed by atoms with Gasteiger partial charge in [-0.1, -0.05) is 0 Å². The first-order valence-electron chi connectivity index (χ1n) is 5.08. The molecule has 0 saturated carbocycles. The molecule has 0 aliphatic heterocycles. The molecule has 2 heterocycles. The van der Waals surface area contributed by atoms with Gasteiger partial charge in [-0.2, -0.15) is 0 Å². The van der Waals surface area contributed by atoms with E-state index in [2.05, 4.69) is 15.0 Å². The molecule has 2 aromatic heterocycles. The minimum absolute atomic E-state index is 0.505. The van der Waals surface area contributed by atoms with Crippen LogP contribution in [0.5, 0.6) is 0 Å². The summed E-state index contributed by atoms with van der Waals surface area (Å²) in [4.78, 5) is 13.9. The molecular weight excluding hydrogens is 254 g/mol. The van der Waals surface area contributed by atoms with Gasteiger partial charge >= 0.3 is 0 Å². The molecular formula is C12H8ClN3S. The average Bonchev–Trinajstić information content (AvgIpc) is 2.87. The highest BCUT2D eigenvalue weighted by Crippen LogP contribution is 2.27. The van der Waals surface area contributed by atoms with Crippen LogP contribution in [-0.2, 0) is 5.88 Å². The first kappa shape index (κ1) is 10.6. The normalized spacial score (nSPS) is 10.9. The van der Waals surface area contributed by atoms with Crippen LogP contribution in [-0.4, -0.2) is 15.0 Å². The van der Waals surface area contributed by atoms with Crippen LogP contribution in [0.4, 0.5) is 0 Å². The Bertz CT molecular complexity index is 665. The standard InChI is InChI=1S/C12H8ClN3S/c13-6-9-7-16-12(17-9)8-1-2-10-11(5-8)15-4-3-14-10/h1-5,7H,6H2. The highest BCUT2D eigenvalue weighted by atomic mass is 35.5. The lowest BCUT2D eigenvalue weighted by atomic mass is 10.2. The third-order valence-electron chi connectivity index (χ3n) is 2.40. The van der Waals surface area contributed by atoms with Crippen molar-refractivity contribution in [2.24, 2.45) is 0 Å². The zero-order valence-electron chi connectivity index (χ0n) is 8.80. The van der Waals surface area contributed by atoms with Gasteiger partial charge in [0, 0.05) is 29.0 Å². The first-order valence-corrected chi connectivity index (χ1v) is 6.44. The second-order valence-corrected chi connectivity index (χ2v) is 4.91. The Balaban J connectivity index is 2.11. The van der Waals surface area contributed by atoms with E-state index in [0.29, 0.717) is 5.88 Å². The van der Waals surface area contributed by atoms with Crippen LogP contribution in [0.15, 0.2) is 36.8 Å². The van der Waals surface area contributed by atoms with Crippen molar-refractivity contribution in [3.63, 3.8) is 0 Å². The van der Waals surface area contributed by atoms with Gasteiger partial charge in [0.2, 0.25) is 0 Å². The topological polar surface area (TPSA) is 38.7 Å². The monoisotopic (exact) mass is 261 g/mol. The van der Waals surface area contributed by atoms with Gasteiger partial charge in [0.15, 0.2) is 0 Å². The Morgan fingerprint density at radius 1 is 1.06 bits per heavy atom. The van der Waals surface area contributed by atoms with Gasteiger partial charge in [0.05, 0.1) is 16.9 Å². The lowest BCUT2D eigenvalue weighted by Crippen LogP contribution is -1.83. The maximum absolute atomic E-state index is 5.77. The van der Waals surface area contributed by atoms with Crippen molar-refractivity contribution >= 4 is 34.0 Å². The number of alkyl halides is 1. The molecule has 3 aromatic rings. The van der Waals surface area contributed by atoms with Gasteiger partial charge in [-0.15, -0.1) is 22.9 Å². The molecule has 3 rings (SSSR count). The molecule has 84 valence electrons. The minimum atomic E-state index is 0.505. The van der Waals surface area contributed by atoms with Crippen LogP contribution in [0.3, 0.4) is 0 Å². The fourth-order valence-electron chi connectivity index (χ4n) is 1.60. The fourth-order valence-corrected chi connectivity index (χ4v) is 2.59. The fraction of sp³-hybridized carbons (Fsp3) is 0.0833. The molecule has 5 heteroatoms. The van der Waals surface area contributed by atoms with Crippen molar-refractivity contribution in [2.75, 3.05) is 0 Å². The predicted octanol–water partition coefficient (Wildman–Crippen LogP) is 3.49. The molecule has 1 aromatic carbocycles. The Labute approximate surface area is 107 Å². The molecule has 0 aliphatic rings. The van der Waals surface area contributed by atoms with E-state index in [1.807, 2.05) is 24.4 Å². The van der Waals surface area contributed by atoms with Gasteiger partial charge < -0.3 is 0 Å². The van der Waals surface area contributed by atoms with E-state index in [4.69, 9.17) is 11.6 Å². The summed E-state index contributed by atoms with van der Waals surface area (Å²) in [6, 6.07) is 5.96. The Hall–Kier alpha value is -1.52. The first-order chi connectivity index (χ1) is 8.36. The average molecular weight is 262 g/mol. The van der Waals surface area contributed by atoms with Crippen LogP contribution in [0.1, 0.15) is 4.88 Å². The summed E-state index contributed by atoms with van der Waals surface area (Å²) in [5.41, 5.74) is 2.83. The third-order valence-corrected chi connectivity index (χ3v) is 3.89. The number of nitrogens with zero attached hydrogens (tertiary/aromatic N) is 3. The number of fused-ring (bicyclic) bond motifs is 1. The van der Waals surface area contributed by atoms with Crippen LogP contribution in [0, 0.1) is 0 Å². The number of benzene rings is 1. The summed E-state index contributed by atoms with van der Waals surface area (Å²) in [6.45, 7) is 0. The molecule has 0 atom stereocenters. The quantitative estimate of drug-likeness (QED) is 0.663. The van der Waals surface area contributed by atoms with Gasteiger partial charge in [-0.05, 0) is 18.2 Å².